The second kappa shape index (κ2) is 14.7. The zero-order chi connectivity index (χ0) is 40.8. The molecule has 3 aromatic carbocycles. The van der Waals surface area contributed by atoms with Crippen LogP contribution in [0.4, 0.5) is 0 Å². The third-order valence-corrected chi connectivity index (χ3v) is 14.3. The minimum absolute atomic E-state index is 0.0317. The Balaban J connectivity index is 1.31. The molecule has 7 aliphatic rings. The van der Waals surface area contributed by atoms with Crippen LogP contribution >= 0.6 is 11.8 Å². The van der Waals surface area contributed by atoms with Crippen molar-refractivity contribution in [3.63, 3.8) is 0 Å². The summed E-state index contributed by atoms with van der Waals surface area (Å²) in [7, 11) is 5.31. The van der Waals surface area contributed by atoms with Crippen LogP contribution < -0.4 is 38.5 Å². The van der Waals surface area contributed by atoms with E-state index in [0.29, 0.717) is 84.0 Å². The number of nitrogens with one attached hydrogen (secondary N) is 1. The minimum atomic E-state index is -1.28. The summed E-state index contributed by atoms with van der Waals surface area (Å²) in [6, 6.07) is 4.17. The highest BCUT2D eigenvalue weighted by molar-refractivity contribution is 7.99. The predicted octanol–water partition coefficient (Wildman–Crippen LogP) is 4.80. The molecule has 2 N–H and O–H groups in total. The molecule has 7 heterocycles. The Morgan fingerprint density at radius 2 is 1.74 bits per heavy atom. The molecule has 10 rings (SSSR count). The van der Waals surface area contributed by atoms with Crippen molar-refractivity contribution >= 4 is 23.7 Å². The number of fused-ring (bicyclic) bond motifs is 9. The summed E-state index contributed by atoms with van der Waals surface area (Å²) < 4.78 is 49.4. The van der Waals surface area contributed by atoms with E-state index in [9.17, 15) is 14.7 Å². The Bertz CT molecular complexity index is 2200. The topological polar surface area (TPSA) is 147 Å². The highest BCUT2D eigenvalue weighted by atomic mass is 32.2. The molecule has 2 saturated heterocycles. The van der Waals surface area contributed by atoms with Crippen LogP contribution in [0.3, 0.4) is 0 Å². The molecule has 0 amide bonds. The van der Waals surface area contributed by atoms with E-state index in [1.807, 2.05) is 39.8 Å². The summed E-state index contributed by atoms with van der Waals surface area (Å²) in [5.41, 5.74) is 5.53. The lowest BCUT2D eigenvalue weighted by molar-refractivity contribution is -0.186. The van der Waals surface area contributed by atoms with Crippen LogP contribution in [-0.4, -0.2) is 105 Å². The van der Waals surface area contributed by atoms with Crippen LogP contribution in [0.1, 0.15) is 82.6 Å². The van der Waals surface area contributed by atoms with Crippen LogP contribution in [0.5, 0.6) is 40.2 Å². The summed E-state index contributed by atoms with van der Waals surface area (Å²) in [6.45, 7) is 10.4. The fourth-order valence-electron chi connectivity index (χ4n) is 10.5. The molecule has 0 aliphatic carbocycles. The van der Waals surface area contributed by atoms with Crippen molar-refractivity contribution in [3.05, 3.63) is 62.7 Å². The average molecular weight is 818 g/mol. The second-order valence-electron chi connectivity index (χ2n) is 15.8. The summed E-state index contributed by atoms with van der Waals surface area (Å²) in [5.74, 6) is 3.13. The van der Waals surface area contributed by atoms with Gasteiger partial charge in [0.15, 0.2) is 40.0 Å². The predicted molar refractivity (Wildman–Crippen MR) is 214 cm³/mol. The smallest absolute Gasteiger partial charge is 0.331 e. The fourth-order valence-corrected chi connectivity index (χ4v) is 12.2. The Morgan fingerprint density at radius 3 is 2.47 bits per heavy atom. The number of benzene rings is 3. The number of aliphatic hydroxyl groups excluding tert-OH is 1. The first kappa shape index (κ1) is 39.1. The Kier molecular flexibility index (Phi) is 9.90. The van der Waals surface area contributed by atoms with Crippen molar-refractivity contribution in [3.8, 4) is 40.2 Å². The maximum absolute atomic E-state index is 14.9. The number of methoxy groups -OCH3 is 2. The molecule has 15 heteroatoms. The molecule has 0 aromatic heterocycles. The second-order valence-corrected chi connectivity index (χ2v) is 16.9. The first-order chi connectivity index (χ1) is 28.0. The van der Waals surface area contributed by atoms with Crippen molar-refractivity contribution in [2.75, 3.05) is 60.2 Å². The van der Waals surface area contributed by atoms with E-state index < -0.39 is 41.0 Å². The van der Waals surface area contributed by atoms with Crippen LogP contribution in [-0.2, 0) is 32.7 Å². The SMILES string of the molecule is CCOc1cc2c(cc1OC)[C@@]1(CS[C@@H]3c4c(OC(C)=O)c(C)c5c(c4[C@H](COC1=O)N1C3[C@@H]3c4c(cc(C)c(OC)c4OCC)C[C@H]([C@@H]1O)N3C)OCO5)NCC2. The van der Waals surface area contributed by atoms with Gasteiger partial charge in [-0.3, -0.25) is 19.9 Å². The van der Waals surface area contributed by atoms with Crippen molar-refractivity contribution in [2.45, 2.75) is 88.6 Å². The molecule has 0 saturated carbocycles. The number of nitrogens with zero attached hydrogens (tertiary/aromatic N) is 2. The van der Waals surface area contributed by atoms with Gasteiger partial charge in [-0.05, 0) is 82.0 Å². The quantitative estimate of drug-likeness (QED) is 0.249. The summed E-state index contributed by atoms with van der Waals surface area (Å²) in [4.78, 5) is 32.3. The van der Waals surface area contributed by atoms with Gasteiger partial charge in [0.05, 0.1) is 50.8 Å². The molecular weight excluding hydrogens is 767 g/mol. The number of hydrogen-bond donors (Lipinski definition) is 2. The lowest BCUT2D eigenvalue weighted by Crippen LogP contribution is -2.70. The number of esters is 2. The van der Waals surface area contributed by atoms with Gasteiger partial charge in [-0.2, -0.15) is 0 Å². The van der Waals surface area contributed by atoms with Gasteiger partial charge < -0.3 is 43.0 Å². The molecule has 7 atom stereocenters. The number of carbonyl (C=O) groups is 2. The van der Waals surface area contributed by atoms with Crippen LogP contribution in [0, 0.1) is 13.8 Å². The molecule has 1 unspecified atom stereocenters. The number of rotatable bonds is 7. The van der Waals surface area contributed by atoms with Gasteiger partial charge in [0, 0.05) is 47.5 Å². The number of likely N-dealkylation sites (N-methyl/N-ethyl adjacent to an activating group) is 1. The molecule has 310 valence electrons. The van der Waals surface area contributed by atoms with E-state index in [0.717, 1.165) is 33.4 Å². The van der Waals surface area contributed by atoms with Gasteiger partial charge in [-0.25, -0.2) is 4.79 Å². The van der Waals surface area contributed by atoms with E-state index in [1.165, 1.54) is 6.92 Å². The van der Waals surface area contributed by atoms with Crippen molar-refractivity contribution in [1.29, 1.82) is 0 Å². The number of ether oxygens (including phenoxy) is 8. The van der Waals surface area contributed by atoms with Gasteiger partial charge in [-0.1, -0.05) is 6.07 Å². The van der Waals surface area contributed by atoms with E-state index >= 15 is 0 Å². The third kappa shape index (κ3) is 5.60. The first-order valence-electron chi connectivity index (χ1n) is 20.0. The van der Waals surface area contributed by atoms with E-state index in [-0.39, 0.29) is 31.2 Å². The molecule has 14 nitrogen and oxygen atoms in total. The van der Waals surface area contributed by atoms with Gasteiger partial charge in [0.2, 0.25) is 6.79 Å². The number of aliphatic hydroxyl groups is 1. The lowest BCUT2D eigenvalue weighted by atomic mass is 9.73. The summed E-state index contributed by atoms with van der Waals surface area (Å²) >= 11 is 1.56. The van der Waals surface area contributed by atoms with Crippen molar-refractivity contribution in [1.82, 2.24) is 15.1 Å². The summed E-state index contributed by atoms with van der Waals surface area (Å²) in [5, 5.41) is 15.8. The normalized spacial score (nSPS) is 28.1. The number of carbonyl (C=O) groups excluding carboxylic acids is 2. The fraction of sp³-hybridized carbons (Fsp3) is 0.535. The van der Waals surface area contributed by atoms with Gasteiger partial charge >= 0.3 is 11.9 Å². The van der Waals surface area contributed by atoms with Crippen molar-refractivity contribution in [2.24, 2.45) is 0 Å². The molecule has 7 aliphatic heterocycles. The maximum Gasteiger partial charge on any atom is 0.331 e. The Hall–Kier alpha value is -4.41. The lowest BCUT2D eigenvalue weighted by Gasteiger charge is -2.62. The monoisotopic (exact) mass is 817 g/mol. The van der Waals surface area contributed by atoms with E-state index in [1.54, 1.807) is 26.0 Å². The highest BCUT2D eigenvalue weighted by Gasteiger charge is 2.61. The molecule has 3 aromatic rings. The number of hydrogen-bond acceptors (Lipinski definition) is 15. The standard InChI is InChI=1S/C43H51N3O11S/c1-9-52-29-15-23-11-12-44-43(25(23)16-28(29)50-7)18-58-40-32-31(39-37(55-19-56-39)21(4)36(32)57-22(5)47)27(17-54-42(43)49)46-34(40)33-30-24(14-26(41(46)48)45(33)6)13-20(3)35(51-8)38(30)53-10-2/h13,15-16,26-27,33-34,40-41,44,48H,9-12,14,17-19H2,1-8H3/t26-,27+,33+,34?,40-,41+,43-/m1/s1. The van der Waals surface area contributed by atoms with Crippen LogP contribution in [0.25, 0.3) is 0 Å². The highest BCUT2D eigenvalue weighted by Crippen LogP contribution is 2.64. The number of thioether (sulfide) groups is 1. The zero-order valence-corrected chi connectivity index (χ0v) is 35.0. The third-order valence-electron chi connectivity index (χ3n) is 12.8. The number of aryl methyl sites for hydroxylation is 1. The minimum Gasteiger partial charge on any atom is -0.493 e. The van der Waals surface area contributed by atoms with Gasteiger partial charge in [0.25, 0.3) is 0 Å². The molecule has 0 radical (unpaired) electrons. The molecule has 2 fully saturated rings. The molecule has 58 heavy (non-hydrogen) atoms. The van der Waals surface area contributed by atoms with Gasteiger partial charge in [0.1, 0.15) is 18.6 Å². The summed E-state index contributed by atoms with van der Waals surface area (Å²) in [6.07, 6.45) is 0.230. The maximum atomic E-state index is 14.9. The van der Waals surface area contributed by atoms with Crippen LogP contribution in [0.15, 0.2) is 18.2 Å². The largest absolute Gasteiger partial charge is 0.493 e. The first-order valence-corrected chi connectivity index (χ1v) is 21.1. The van der Waals surface area contributed by atoms with E-state index in [2.05, 4.69) is 28.2 Å². The Labute approximate surface area is 342 Å². The number of piperazine rings is 1. The van der Waals surface area contributed by atoms with Crippen molar-refractivity contribution < 1.29 is 52.6 Å². The molecule has 4 bridgehead atoms. The zero-order valence-electron chi connectivity index (χ0n) is 34.2. The van der Waals surface area contributed by atoms with Crippen LogP contribution in [0.2, 0.25) is 0 Å². The average Bonchev–Trinajstić information content (AvgIpc) is 3.70. The molecular formula is C43H51N3O11S. The molecule has 1 spiro atoms. The van der Waals surface area contributed by atoms with Gasteiger partial charge in [-0.15, -0.1) is 11.8 Å². The van der Waals surface area contributed by atoms with E-state index in [4.69, 9.17) is 37.9 Å². The Morgan fingerprint density at radius 1 is 0.966 bits per heavy atom.